The number of hydrogen-bond donors (Lipinski definition) is 1. The lowest BCUT2D eigenvalue weighted by Crippen LogP contribution is -2.03. The summed E-state index contributed by atoms with van der Waals surface area (Å²) in [6, 6.07) is 12.0. The minimum atomic E-state index is 0.151. The molecule has 0 bridgehead atoms. The number of aliphatic hydroxyl groups is 1. The highest BCUT2D eigenvalue weighted by molar-refractivity contribution is 5.33. The lowest BCUT2D eigenvalue weighted by Gasteiger charge is -2.05. The highest BCUT2D eigenvalue weighted by Crippen LogP contribution is 2.12. The van der Waals surface area contributed by atoms with Crippen LogP contribution in [0.5, 0.6) is 0 Å². The summed E-state index contributed by atoms with van der Waals surface area (Å²) >= 11 is 0. The minimum absolute atomic E-state index is 0.151. The fourth-order valence-corrected chi connectivity index (χ4v) is 1.64. The van der Waals surface area contributed by atoms with E-state index in [9.17, 15) is 0 Å². The quantitative estimate of drug-likeness (QED) is 0.822. The van der Waals surface area contributed by atoms with Crippen molar-refractivity contribution in [2.45, 2.75) is 13.3 Å². The fraction of sp³-hybridized carbons (Fsp3) is 0.250. The Morgan fingerprint density at radius 1 is 1.27 bits per heavy atom. The number of rotatable bonds is 3. The summed E-state index contributed by atoms with van der Waals surface area (Å²) in [4.78, 5) is 0. The third-order valence-corrected chi connectivity index (χ3v) is 2.27. The number of aryl methyl sites for hydroxylation is 1. The average molecular weight is 202 g/mol. The van der Waals surface area contributed by atoms with E-state index >= 15 is 0 Å². The molecule has 0 aliphatic rings. The average Bonchev–Trinajstić information content (AvgIpc) is 2.62. The number of benzene rings is 1. The third-order valence-electron chi connectivity index (χ3n) is 2.27. The van der Waals surface area contributed by atoms with Crippen LogP contribution in [0.1, 0.15) is 11.4 Å². The van der Waals surface area contributed by atoms with Crippen LogP contribution in [0.3, 0.4) is 0 Å². The molecule has 0 radical (unpaired) electrons. The molecular weight excluding hydrogens is 188 g/mol. The summed E-state index contributed by atoms with van der Waals surface area (Å²) in [6.45, 7) is 2.11. The Morgan fingerprint density at radius 3 is 2.67 bits per heavy atom. The van der Waals surface area contributed by atoms with E-state index < -0.39 is 0 Å². The van der Waals surface area contributed by atoms with E-state index in [1.54, 1.807) is 0 Å². The standard InChI is InChI=1S/C12H14N2O/c1-10-9-12(7-8-15)14(13-10)11-5-3-2-4-6-11/h2-6,9,15H,7-8H2,1H3. The first-order valence-electron chi connectivity index (χ1n) is 5.03. The minimum Gasteiger partial charge on any atom is -0.396 e. The Labute approximate surface area is 89.0 Å². The smallest absolute Gasteiger partial charge is 0.0648 e. The molecule has 0 saturated carbocycles. The molecule has 2 aromatic rings. The highest BCUT2D eigenvalue weighted by Gasteiger charge is 2.05. The normalized spacial score (nSPS) is 10.5. The van der Waals surface area contributed by atoms with E-state index in [2.05, 4.69) is 5.10 Å². The van der Waals surface area contributed by atoms with Gasteiger partial charge in [-0.05, 0) is 25.1 Å². The van der Waals surface area contributed by atoms with Crippen molar-refractivity contribution < 1.29 is 5.11 Å². The van der Waals surface area contributed by atoms with Gasteiger partial charge in [-0.25, -0.2) is 4.68 Å². The molecule has 1 aromatic carbocycles. The Bertz CT molecular complexity index is 434. The van der Waals surface area contributed by atoms with Gasteiger partial charge in [0, 0.05) is 18.7 Å². The molecule has 0 spiro atoms. The molecule has 0 amide bonds. The second-order valence-electron chi connectivity index (χ2n) is 3.50. The van der Waals surface area contributed by atoms with Gasteiger partial charge in [-0.2, -0.15) is 5.10 Å². The second-order valence-corrected chi connectivity index (χ2v) is 3.50. The number of para-hydroxylation sites is 1. The first kappa shape index (κ1) is 9.93. The Morgan fingerprint density at radius 2 is 2.00 bits per heavy atom. The van der Waals surface area contributed by atoms with Gasteiger partial charge < -0.3 is 5.11 Å². The zero-order valence-corrected chi connectivity index (χ0v) is 8.72. The van der Waals surface area contributed by atoms with Crippen LogP contribution < -0.4 is 0 Å². The van der Waals surface area contributed by atoms with E-state index in [1.807, 2.05) is 48.0 Å². The van der Waals surface area contributed by atoms with Crippen LogP contribution in [0.25, 0.3) is 5.69 Å². The van der Waals surface area contributed by atoms with Crippen molar-refractivity contribution in [2.75, 3.05) is 6.61 Å². The van der Waals surface area contributed by atoms with Crippen LogP contribution in [0.15, 0.2) is 36.4 Å². The van der Waals surface area contributed by atoms with E-state index in [1.165, 1.54) is 0 Å². The first-order valence-corrected chi connectivity index (χ1v) is 5.03. The number of hydrogen-bond acceptors (Lipinski definition) is 2. The lowest BCUT2D eigenvalue weighted by molar-refractivity contribution is 0.297. The molecule has 0 unspecified atom stereocenters. The van der Waals surface area contributed by atoms with Crippen molar-refractivity contribution in [2.24, 2.45) is 0 Å². The monoisotopic (exact) mass is 202 g/mol. The Balaban J connectivity index is 2.43. The molecule has 0 saturated heterocycles. The number of aliphatic hydroxyl groups excluding tert-OH is 1. The molecule has 1 aromatic heterocycles. The van der Waals surface area contributed by atoms with Gasteiger partial charge in [0.05, 0.1) is 11.4 Å². The lowest BCUT2D eigenvalue weighted by atomic mass is 10.2. The fourth-order valence-electron chi connectivity index (χ4n) is 1.64. The van der Waals surface area contributed by atoms with Crippen molar-refractivity contribution >= 4 is 0 Å². The molecule has 3 nitrogen and oxygen atoms in total. The molecule has 78 valence electrons. The first-order chi connectivity index (χ1) is 7.31. The zero-order valence-electron chi connectivity index (χ0n) is 8.72. The summed E-state index contributed by atoms with van der Waals surface area (Å²) in [5.41, 5.74) is 3.05. The van der Waals surface area contributed by atoms with Crippen LogP contribution >= 0.6 is 0 Å². The van der Waals surface area contributed by atoms with Gasteiger partial charge >= 0.3 is 0 Å². The summed E-state index contributed by atoms with van der Waals surface area (Å²) in [7, 11) is 0. The van der Waals surface area contributed by atoms with Crippen LogP contribution in [-0.2, 0) is 6.42 Å². The van der Waals surface area contributed by atoms with Crippen LogP contribution in [0, 0.1) is 6.92 Å². The maximum Gasteiger partial charge on any atom is 0.0648 e. The van der Waals surface area contributed by atoms with Crippen molar-refractivity contribution in [3.63, 3.8) is 0 Å². The van der Waals surface area contributed by atoms with E-state index in [0.717, 1.165) is 17.1 Å². The molecule has 0 fully saturated rings. The molecule has 1 N–H and O–H groups in total. The third kappa shape index (κ3) is 2.07. The van der Waals surface area contributed by atoms with Crippen LogP contribution in [0.2, 0.25) is 0 Å². The summed E-state index contributed by atoms with van der Waals surface area (Å²) in [6.07, 6.45) is 0.635. The number of nitrogens with zero attached hydrogens (tertiary/aromatic N) is 2. The SMILES string of the molecule is Cc1cc(CCO)n(-c2ccccc2)n1. The predicted molar refractivity (Wildman–Crippen MR) is 59.1 cm³/mol. The Kier molecular flexibility index (Phi) is 2.83. The maximum absolute atomic E-state index is 8.96. The van der Waals surface area contributed by atoms with Crippen LogP contribution in [0.4, 0.5) is 0 Å². The molecule has 15 heavy (non-hydrogen) atoms. The predicted octanol–water partition coefficient (Wildman–Crippen LogP) is 1.72. The summed E-state index contributed by atoms with van der Waals surface area (Å²) in [5, 5.41) is 13.4. The van der Waals surface area contributed by atoms with Gasteiger partial charge in [0.2, 0.25) is 0 Å². The Hall–Kier alpha value is -1.61. The molecular formula is C12H14N2O. The topological polar surface area (TPSA) is 38.0 Å². The van der Waals surface area contributed by atoms with E-state index in [0.29, 0.717) is 6.42 Å². The highest BCUT2D eigenvalue weighted by atomic mass is 16.3. The van der Waals surface area contributed by atoms with Crippen molar-refractivity contribution in [3.05, 3.63) is 47.8 Å². The van der Waals surface area contributed by atoms with Gasteiger partial charge in [-0.1, -0.05) is 18.2 Å². The van der Waals surface area contributed by atoms with Gasteiger partial charge in [-0.3, -0.25) is 0 Å². The van der Waals surface area contributed by atoms with Crippen molar-refractivity contribution in [1.82, 2.24) is 9.78 Å². The molecule has 2 rings (SSSR count). The largest absolute Gasteiger partial charge is 0.396 e. The summed E-state index contributed by atoms with van der Waals surface area (Å²) in [5.74, 6) is 0. The van der Waals surface area contributed by atoms with Crippen LogP contribution in [-0.4, -0.2) is 21.5 Å². The van der Waals surface area contributed by atoms with Gasteiger partial charge in [0.25, 0.3) is 0 Å². The van der Waals surface area contributed by atoms with Gasteiger partial charge in [-0.15, -0.1) is 0 Å². The number of aromatic nitrogens is 2. The maximum atomic E-state index is 8.96. The molecule has 0 aliphatic heterocycles. The van der Waals surface area contributed by atoms with E-state index in [4.69, 9.17) is 5.11 Å². The van der Waals surface area contributed by atoms with Gasteiger partial charge in [0.1, 0.15) is 0 Å². The molecule has 1 heterocycles. The van der Waals surface area contributed by atoms with E-state index in [-0.39, 0.29) is 6.61 Å². The van der Waals surface area contributed by atoms with Gasteiger partial charge in [0.15, 0.2) is 0 Å². The summed E-state index contributed by atoms with van der Waals surface area (Å²) < 4.78 is 1.88. The molecule has 3 heteroatoms. The second kappa shape index (κ2) is 4.28. The van der Waals surface area contributed by atoms with Crippen molar-refractivity contribution in [3.8, 4) is 5.69 Å². The molecule has 0 atom stereocenters. The zero-order chi connectivity index (χ0) is 10.7. The molecule has 0 aliphatic carbocycles. The van der Waals surface area contributed by atoms with Crippen molar-refractivity contribution in [1.29, 1.82) is 0 Å².